The lowest BCUT2D eigenvalue weighted by Crippen LogP contribution is -2.45. The number of esters is 1. The smallest absolute Gasteiger partial charge is 0.328 e. The number of amides is 1. The molecule has 1 fully saturated rings. The molecule has 0 saturated heterocycles. The minimum absolute atomic E-state index is 0. The average Bonchev–Trinajstić information content (AvgIpc) is 3.19. The molecule has 0 heterocycles. The fourth-order valence-corrected chi connectivity index (χ4v) is 7.21. The van der Waals surface area contributed by atoms with Gasteiger partial charge in [-0.3, -0.25) is 9.69 Å². The second-order valence-corrected chi connectivity index (χ2v) is 14.8. The largest absolute Gasteiger partial charge is 0.491 e. The monoisotopic (exact) mass is 785 g/mol. The number of hydrogen-bond acceptors (Lipinski definition) is 10. The Morgan fingerprint density at radius 1 is 0.875 bits per heavy atom. The standard InChI is InChI=1S/C43H51N3O8S.CH4/c1-4-52-43(49)41(30(2)3)44-42(48)35-17-15-33(16-18-35)34-19-21-36(22-20-34)46(26-31-11-7-5-8-12-31)27-37(47)29-53-38-23-24-40(39(25-38)45-55(50)51)54-28-32-13-9-6-10-14-32;/h5-18,23-25,30,34,36-37,41,47H,4,19-22,26-29H2,1-3H3,(H,44,48);1H4/t34?,36?,37-,41-;/m0./s1. The molecule has 300 valence electrons. The van der Waals surface area contributed by atoms with E-state index in [0.29, 0.717) is 36.1 Å². The molecule has 11 nitrogen and oxygen atoms in total. The van der Waals surface area contributed by atoms with Crippen LogP contribution in [0.5, 0.6) is 11.5 Å². The van der Waals surface area contributed by atoms with Crippen LogP contribution in [0.4, 0.5) is 5.69 Å². The Morgan fingerprint density at radius 3 is 2.12 bits per heavy atom. The zero-order valence-corrected chi connectivity index (χ0v) is 32.5. The molecule has 0 bridgehead atoms. The lowest BCUT2D eigenvalue weighted by Gasteiger charge is -2.38. The van der Waals surface area contributed by atoms with Crippen molar-refractivity contribution < 1.29 is 37.3 Å². The van der Waals surface area contributed by atoms with Crippen molar-refractivity contribution in [3.8, 4) is 11.5 Å². The molecule has 1 aliphatic carbocycles. The first-order chi connectivity index (χ1) is 26.6. The lowest BCUT2D eigenvalue weighted by molar-refractivity contribution is -0.146. The van der Waals surface area contributed by atoms with Crippen LogP contribution in [0, 0.1) is 5.92 Å². The summed E-state index contributed by atoms with van der Waals surface area (Å²) in [6.07, 6.45) is 2.97. The van der Waals surface area contributed by atoms with Gasteiger partial charge >= 0.3 is 16.5 Å². The number of nitrogens with zero attached hydrogens (tertiary/aromatic N) is 2. The van der Waals surface area contributed by atoms with E-state index in [4.69, 9.17) is 14.2 Å². The Bertz CT molecular complexity index is 1960. The summed E-state index contributed by atoms with van der Waals surface area (Å²) in [7, 11) is -2.70. The molecule has 1 aliphatic rings. The third-order valence-electron chi connectivity index (χ3n) is 9.81. The Labute approximate surface area is 332 Å². The van der Waals surface area contributed by atoms with Gasteiger partial charge in [0.1, 0.15) is 42.5 Å². The van der Waals surface area contributed by atoms with Crippen LogP contribution in [0.25, 0.3) is 0 Å². The number of carbonyl (C=O) groups excluding carboxylic acids is 2. The maximum atomic E-state index is 13.0. The second-order valence-electron chi connectivity index (χ2n) is 14.2. The van der Waals surface area contributed by atoms with Crippen molar-refractivity contribution in [2.24, 2.45) is 10.3 Å². The third kappa shape index (κ3) is 13.0. The SMILES string of the molecule is C.CCOC(=O)[C@@H](NC(=O)c1ccc(C2CCC(N(Cc3ccccc3)C[C@H](O)COc3ccc(OCc4ccccc4)c(N=S(=O)=O)c3)CC2)cc1)C(C)C. The number of benzene rings is 4. The molecule has 2 atom stereocenters. The summed E-state index contributed by atoms with van der Waals surface area (Å²) in [6, 6.07) is 31.7. The summed E-state index contributed by atoms with van der Waals surface area (Å²) in [6.45, 7) is 7.05. The van der Waals surface area contributed by atoms with Gasteiger partial charge in [0, 0.05) is 30.8 Å². The lowest BCUT2D eigenvalue weighted by atomic mass is 9.81. The number of hydrogen-bond donors (Lipinski definition) is 2. The molecule has 0 unspecified atom stereocenters. The fraction of sp³-hybridized carbons (Fsp3) is 0.409. The van der Waals surface area contributed by atoms with Crippen LogP contribution < -0.4 is 14.8 Å². The first-order valence-corrected chi connectivity index (χ1v) is 19.9. The molecule has 1 saturated carbocycles. The fourth-order valence-electron chi connectivity index (χ4n) is 6.91. The summed E-state index contributed by atoms with van der Waals surface area (Å²) in [5.74, 6) is 0.166. The minimum atomic E-state index is -2.70. The summed E-state index contributed by atoms with van der Waals surface area (Å²) >= 11 is 0. The highest BCUT2D eigenvalue weighted by Gasteiger charge is 2.29. The highest BCUT2D eigenvalue weighted by molar-refractivity contribution is 7.61. The highest BCUT2D eigenvalue weighted by Crippen LogP contribution is 2.36. The van der Waals surface area contributed by atoms with Crippen LogP contribution in [-0.2, 0) is 33.2 Å². The van der Waals surface area contributed by atoms with E-state index < -0.39 is 28.6 Å². The second kappa shape index (κ2) is 21.9. The minimum Gasteiger partial charge on any atom is -0.491 e. The van der Waals surface area contributed by atoms with Crippen LogP contribution in [0.3, 0.4) is 0 Å². The van der Waals surface area contributed by atoms with E-state index >= 15 is 0 Å². The third-order valence-corrected chi connectivity index (χ3v) is 10.2. The van der Waals surface area contributed by atoms with Gasteiger partial charge in [0.05, 0.1) is 6.61 Å². The molecule has 12 heteroatoms. The number of aliphatic hydroxyl groups excluding tert-OH is 1. The van der Waals surface area contributed by atoms with E-state index in [2.05, 4.69) is 26.7 Å². The topological polar surface area (TPSA) is 144 Å². The summed E-state index contributed by atoms with van der Waals surface area (Å²) < 4.78 is 43.6. The van der Waals surface area contributed by atoms with E-state index in [1.165, 1.54) is 11.6 Å². The molecule has 5 rings (SSSR count). The molecule has 0 aromatic heterocycles. The number of ether oxygens (including phenoxy) is 3. The van der Waals surface area contributed by atoms with Crippen molar-refractivity contribution in [3.63, 3.8) is 0 Å². The van der Waals surface area contributed by atoms with Crippen LogP contribution >= 0.6 is 0 Å². The van der Waals surface area contributed by atoms with E-state index in [0.717, 1.165) is 36.8 Å². The molecule has 1 amide bonds. The van der Waals surface area contributed by atoms with E-state index in [9.17, 15) is 23.1 Å². The van der Waals surface area contributed by atoms with Crippen molar-refractivity contribution in [1.82, 2.24) is 10.2 Å². The van der Waals surface area contributed by atoms with Gasteiger partial charge < -0.3 is 24.6 Å². The van der Waals surface area contributed by atoms with Gasteiger partial charge in [-0.25, -0.2) is 4.79 Å². The number of aliphatic hydroxyl groups is 1. The van der Waals surface area contributed by atoms with Crippen molar-refractivity contribution in [2.45, 2.75) is 91.1 Å². The first kappa shape index (κ1) is 43.7. The molecule has 56 heavy (non-hydrogen) atoms. The molecule has 0 aliphatic heterocycles. The van der Waals surface area contributed by atoms with Gasteiger partial charge in [-0.05, 0) is 85.4 Å². The normalized spacial score (nSPS) is 16.2. The van der Waals surface area contributed by atoms with Crippen LogP contribution in [0.15, 0.2) is 107 Å². The van der Waals surface area contributed by atoms with Gasteiger partial charge in [-0.15, -0.1) is 4.36 Å². The molecule has 2 N–H and O–H groups in total. The summed E-state index contributed by atoms with van der Waals surface area (Å²) in [4.78, 5) is 27.7. The zero-order chi connectivity index (χ0) is 39.2. The predicted octanol–water partition coefficient (Wildman–Crippen LogP) is 7.88. The van der Waals surface area contributed by atoms with Crippen molar-refractivity contribution in [2.75, 3.05) is 19.8 Å². The molecular formula is C44H55N3O8S. The average molecular weight is 786 g/mol. The van der Waals surface area contributed by atoms with Crippen molar-refractivity contribution in [3.05, 3.63) is 125 Å². The Kier molecular flexibility index (Phi) is 17.1. The van der Waals surface area contributed by atoms with Crippen molar-refractivity contribution in [1.29, 1.82) is 0 Å². The van der Waals surface area contributed by atoms with E-state index in [-0.39, 0.29) is 50.8 Å². The molecule has 0 radical (unpaired) electrons. The van der Waals surface area contributed by atoms with Gasteiger partial charge in [-0.1, -0.05) is 94.1 Å². The Morgan fingerprint density at radius 2 is 1.52 bits per heavy atom. The molecular weight excluding hydrogens is 731 g/mol. The van der Waals surface area contributed by atoms with Gasteiger partial charge in [0.25, 0.3) is 5.91 Å². The van der Waals surface area contributed by atoms with Gasteiger partial charge in [0.2, 0.25) is 0 Å². The van der Waals surface area contributed by atoms with Crippen LogP contribution in [0.1, 0.15) is 86.8 Å². The predicted molar refractivity (Wildman–Crippen MR) is 217 cm³/mol. The van der Waals surface area contributed by atoms with E-state index in [1.54, 1.807) is 19.1 Å². The van der Waals surface area contributed by atoms with Crippen LogP contribution in [0.2, 0.25) is 0 Å². The van der Waals surface area contributed by atoms with Crippen LogP contribution in [-0.4, -0.2) is 68.2 Å². The molecule has 4 aromatic carbocycles. The number of carbonyl (C=O) groups is 2. The Hall–Kier alpha value is -5.04. The maximum absolute atomic E-state index is 13.0. The summed E-state index contributed by atoms with van der Waals surface area (Å²) in [5.41, 5.74) is 3.87. The quantitative estimate of drug-likeness (QED) is 0.0963. The van der Waals surface area contributed by atoms with Gasteiger partial charge in [-0.2, -0.15) is 8.42 Å². The number of nitrogens with one attached hydrogen (secondary N) is 1. The number of rotatable bonds is 18. The van der Waals surface area contributed by atoms with Gasteiger partial charge in [0.15, 0.2) is 0 Å². The zero-order valence-electron chi connectivity index (χ0n) is 31.7. The maximum Gasteiger partial charge on any atom is 0.328 e. The van der Waals surface area contributed by atoms with E-state index in [1.807, 2.05) is 86.6 Å². The highest BCUT2D eigenvalue weighted by atomic mass is 32.2. The first-order valence-electron chi connectivity index (χ1n) is 18.9. The summed E-state index contributed by atoms with van der Waals surface area (Å²) in [5, 5.41) is 14.1. The van der Waals surface area contributed by atoms with Crippen molar-refractivity contribution >= 4 is 28.1 Å². The molecule has 0 spiro atoms. The Balaban J connectivity index is 0.00000696. The molecule has 4 aromatic rings.